The number of amides is 1. The number of benzene rings is 3. The van der Waals surface area contributed by atoms with Crippen LogP contribution in [0.4, 0.5) is 30.2 Å². The summed E-state index contributed by atoms with van der Waals surface area (Å²) in [5.41, 5.74) is -1.83. The van der Waals surface area contributed by atoms with Crippen molar-refractivity contribution in [3.63, 3.8) is 0 Å². The number of carbonyl (C=O) groups is 1. The summed E-state index contributed by atoms with van der Waals surface area (Å²) in [7, 11) is -4.49. The molecule has 0 aromatic heterocycles. The lowest BCUT2D eigenvalue weighted by atomic mass is 10.1. The average molecular weight is 528 g/mol. The van der Waals surface area contributed by atoms with Crippen LogP contribution in [0.1, 0.15) is 11.1 Å². The zero-order chi connectivity index (χ0) is 26.0. The molecule has 0 spiro atoms. The van der Waals surface area contributed by atoms with Gasteiger partial charge in [-0.25, -0.2) is 8.42 Å². The van der Waals surface area contributed by atoms with Crippen LogP contribution in [-0.4, -0.2) is 25.8 Å². The minimum atomic E-state index is -4.88. The fourth-order valence-electron chi connectivity index (χ4n) is 3.20. The standard InChI is InChI=1S/C22H17ClF3N3O5S/c1-14-19(8-5-9-20(14)29(31)32)27-21(30)13-28(35(33,34)16-6-3-2-4-7-16)15-10-11-18(23)17(12-15)22(24,25)26/h2-12H,13H2,1H3,(H,27,30). The van der Waals surface area contributed by atoms with Crippen molar-refractivity contribution in [1.29, 1.82) is 0 Å². The maximum atomic E-state index is 13.4. The van der Waals surface area contributed by atoms with Gasteiger partial charge in [0.1, 0.15) is 6.54 Å². The third kappa shape index (κ3) is 5.72. The number of sulfonamides is 1. The van der Waals surface area contributed by atoms with E-state index in [0.717, 1.165) is 12.1 Å². The van der Waals surface area contributed by atoms with Gasteiger partial charge in [0.05, 0.1) is 37.3 Å². The lowest BCUT2D eigenvalue weighted by Gasteiger charge is -2.25. The summed E-state index contributed by atoms with van der Waals surface area (Å²) in [6.07, 6.45) is -4.88. The zero-order valence-electron chi connectivity index (χ0n) is 17.9. The number of alkyl halides is 3. The Morgan fingerprint density at radius 1 is 1.09 bits per heavy atom. The summed E-state index contributed by atoms with van der Waals surface area (Å²) in [5, 5.41) is 12.9. The molecular weight excluding hydrogens is 511 g/mol. The second kappa shape index (κ2) is 9.92. The molecule has 3 rings (SSSR count). The minimum Gasteiger partial charge on any atom is -0.324 e. The van der Waals surface area contributed by atoms with Gasteiger partial charge in [-0.1, -0.05) is 35.9 Å². The van der Waals surface area contributed by atoms with Gasteiger partial charge in [0, 0.05) is 6.07 Å². The number of nitrogens with one attached hydrogen (secondary N) is 1. The van der Waals surface area contributed by atoms with Gasteiger partial charge in [0.25, 0.3) is 15.7 Å². The van der Waals surface area contributed by atoms with Crippen molar-refractivity contribution in [3.05, 3.63) is 93.0 Å². The van der Waals surface area contributed by atoms with Gasteiger partial charge in [0.2, 0.25) is 5.91 Å². The molecule has 0 saturated heterocycles. The summed E-state index contributed by atoms with van der Waals surface area (Å²) in [6, 6.07) is 13.2. The Hall–Kier alpha value is -3.64. The molecule has 1 N–H and O–H groups in total. The predicted molar refractivity (Wildman–Crippen MR) is 124 cm³/mol. The molecule has 0 aliphatic rings. The number of rotatable bonds is 7. The van der Waals surface area contributed by atoms with E-state index in [1.54, 1.807) is 6.07 Å². The van der Waals surface area contributed by atoms with Gasteiger partial charge in [-0.15, -0.1) is 0 Å². The normalized spacial score (nSPS) is 11.7. The first kappa shape index (κ1) is 26.0. The highest BCUT2D eigenvalue weighted by molar-refractivity contribution is 7.92. The summed E-state index contributed by atoms with van der Waals surface area (Å²) >= 11 is 5.67. The molecule has 184 valence electrons. The van der Waals surface area contributed by atoms with Crippen LogP contribution >= 0.6 is 11.6 Å². The number of hydrogen-bond donors (Lipinski definition) is 1. The molecule has 8 nitrogen and oxygen atoms in total. The van der Waals surface area contributed by atoms with Gasteiger partial charge < -0.3 is 5.32 Å². The Balaban J connectivity index is 2.05. The van der Waals surface area contributed by atoms with Crippen LogP contribution in [0.5, 0.6) is 0 Å². The molecule has 0 fully saturated rings. The van der Waals surface area contributed by atoms with Crippen molar-refractivity contribution in [3.8, 4) is 0 Å². The maximum absolute atomic E-state index is 13.4. The summed E-state index contributed by atoms with van der Waals surface area (Å²) in [4.78, 5) is 23.1. The zero-order valence-corrected chi connectivity index (χ0v) is 19.5. The Morgan fingerprint density at radius 3 is 2.34 bits per heavy atom. The Bertz CT molecular complexity index is 1380. The smallest absolute Gasteiger partial charge is 0.324 e. The van der Waals surface area contributed by atoms with Crippen molar-refractivity contribution in [1.82, 2.24) is 0 Å². The number of halogens is 4. The van der Waals surface area contributed by atoms with Crippen molar-refractivity contribution in [2.45, 2.75) is 18.0 Å². The van der Waals surface area contributed by atoms with Crippen molar-refractivity contribution >= 4 is 44.6 Å². The Kier molecular flexibility index (Phi) is 7.36. The van der Waals surface area contributed by atoms with Crippen LogP contribution in [0.15, 0.2) is 71.6 Å². The van der Waals surface area contributed by atoms with E-state index in [0.29, 0.717) is 10.4 Å². The third-order valence-electron chi connectivity index (χ3n) is 4.94. The second-order valence-corrected chi connectivity index (χ2v) is 9.51. The van der Waals surface area contributed by atoms with E-state index in [1.165, 1.54) is 49.4 Å². The third-order valence-corrected chi connectivity index (χ3v) is 7.06. The van der Waals surface area contributed by atoms with Gasteiger partial charge in [-0.3, -0.25) is 19.2 Å². The summed E-state index contributed by atoms with van der Waals surface area (Å²) in [6.45, 7) is 0.472. The van der Waals surface area contributed by atoms with Gasteiger partial charge >= 0.3 is 6.18 Å². The van der Waals surface area contributed by atoms with E-state index in [9.17, 15) is 36.5 Å². The molecule has 1 amide bonds. The van der Waals surface area contributed by atoms with Crippen LogP contribution in [0.3, 0.4) is 0 Å². The number of carbonyl (C=O) groups excluding carboxylic acids is 1. The van der Waals surface area contributed by atoms with Gasteiger partial charge in [0.15, 0.2) is 0 Å². The molecule has 0 aliphatic heterocycles. The SMILES string of the molecule is Cc1c(NC(=O)CN(c2ccc(Cl)c(C(F)(F)F)c2)S(=O)(=O)c2ccccc2)cccc1[N+](=O)[O-]. The molecule has 0 saturated carbocycles. The molecule has 0 radical (unpaired) electrons. The average Bonchev–Trinajstić information content (AvgIpc) is 2.79. The quantitative estimate of drug-likeness (QED) is 0.326. The van der Waals surface area contributed by atoms with Crippen LogP contribution in [0.2, 0.25) is 5.02 Å². The first-order valence-corrected chi connectivity index (χ1v) is 11.6. The Morgan fingerprint density at radius 2 is 1.74 bits per heavy atom. The van der Waals surface area contributed by atoms with E-state index >= 15 is 0 Å². The molecule has 0 aliphatic carbocycles. The number of nitro groups is 1. The number of hydrogen-bond acceptors (Lipinski definition) is 5. The predicted octanol–water partition coefficient (Wildman–Crippen LogP) is 5.41. The fourth-order valence-corrected chi connectivity index (χ4v) is 4.86. The maximum Gasteiger partial charge on any atom is 0.417 e. The van der Waals surface area contributed by atoms with E-state index in [1.807, 2.05) is 0 Å². The van der Waals surface area contributed by atoms with E-state index in [-0.39, 0.29) is 21.8 Å². The van der Waals surface area contributed by atoms with Crippen LogP contribution in [-0.2, 0) is 21.0 Å². The topological polar surface area (TPSA) is 110 Å². The highest BCUT2D eigenvalue weighted by atomic mass is 35.5. The molecule has 3 aromatic rings. The molecule has 0 heterocycles. The number of nitrogens with zero attached hydrogens (tertiary/aromatic N) is 2. The first-order chi connectivity index (χ1) is 16.3. The molecule has 13 heteroatoms. The van der Waals surface area contributed by atoms with Crippen molar-refractivity contribution in [2.75, 3.05) is 16.2 Å². The lowest BCUT2D eigenvalue weighted by molar-refractivity contribution is -0.385. The number of nitro benzene ring substituents is 1. The molecule has 35 heavy (non-hydrogen) atoms. The monoisotopic (exact) mass is 527 g/mol. The van der Waals surface area contributed by atoms with E-state index in [2.05, 4.69) is 5.32 Å². The highest BCUT2D eigenvalue weighted by Gasteiger charge is 2.35. The van der Waals surface area contributed by atoms with Crippen LogP contribution in [0, 0.1) is 17.0 Å². The van der Waals surface area contributed by atoms with Crippen molar-refractivity contribution in [2.24, 2.45) is 0 Å². The fraction of sp³-hybridized carbons (Fsp3) is 0.136. The minimum absolute atomic E-state index is 0.0494. The van der Waals surface area contributed by atoms with Crippen LogP contribution in [0.25, 0.3) is 0 Å². The highest BCUT2D eigenvalue weighted by Crippen LogP contribution is 2.38. The lowest BCUT2D eigenvalue weighted by Crippen LogP contribution is -2.38. The molecule has 3 aromatic carbocycles. The van der Waals surface area contributed by atoms with E-state index < -0.39 is 49.8 Å². The molecule has 0 unspecified atom stereocenters. The molecule has 0 atom stereocenters. The van der Waals surface area contributed by atoms with E-state index in [4.69, 9.17) is 11.6 Å². The summed E-state index contributed by atoms with van der Waals surface area (Å²) < 4.78 is 67.4. The first-order valence-electron chi connectivity index (χ1n) is 9.80. The Labute approximate surface area is 203 Å². The second-order valence-electron chi connectivity index (χ2n) is 7.24. The van der Waals surface area contributed by atoms with Gasteiger partial charge in [-0.05, 0) is 43.3 Å². The van der Waals surface area contributed by atoms with Crippen LogP contribution < -0.4 is 9.62 Å². The molecule has 0 bridgehead atoms. The molecular formula is C22H17ClF3N3O5S. The number of anilines is 2. The van der Waals surface area contributed by atoms with Crippen molar-refractivity contribution < 1.29 is 31.3 Å². The summed E-state index contributed by atoms with van der Waals surface area (Å²) in [5.74, 6) is -0.934. The largest absolute Gasteiger partial charge is 0.417 e. The van der Waals surface area contributed by atoms with Gasteiger partial charge in [-0.2, -0.15) is 13.2 Å².